The van der Waals surface area contributed by atoms with Crippen molar-refractivity contribution in [3.05, 3.63) is 113 Å². The van der Waals surface area contributed by atoms with Crippen LogP contribution in [0.1, 0.15) is 38.7 Å². The van der Waals surface area contributed by atoms with Crippen LogP contribution in [0.5, 0.6) is 0 Å². The smallest absolute Gasteiger partial charge is 0.407 e. The Kier molecular flexibility index (Phi) is 7.40. The SMILES string of the molecule is Cn1ncc(CNC(=O)OCC2c3ccccc3-c3ccccc32)c1C(=O)N(CC(=O)O)Cc1ccccc1. The second kappa shape index (κ2) is 11.2. The van der Waals surface area contributed by atoms with E-state index in [4.69, 9.17) is 4.74 Å². The number of aromatic nitrogens is 2. The molecule has 39 heavy (non-hydrogen) atoms. The van der Waals surface area contributed by atoms with Gasteiger partial charge in [0.1, 0.15) is 18.8 Å². The molecule has 0 saturated heterocycles. The van der Waals surface area contributed by atoms with Crippen LogP contribution in [0.3, 0.4) is 0 Å². The van der Waals surface area contributed by atoms with Gasteiger partial charge >= 0.3 is 12.1 Å². The fourth-order valence-corrected chi connectivity index (χ4v) is 5.02. The molecule has 2 amide bonds. The van der Waals surface area contributed by atoms with E-state index in [0.29, 0.717) is 5.56 Å². The zero-order valence-electron chi connectivity index (χ0n) is 21.4. The van der Waals surface area contributed by atoms with Gasteiger partial charge in [-0.15, -0.1) is 0 Å². The summed E-state index contributed by atoms with van der Waals surface area (Å²) in [4.78, 5) is 38.8. The predicted octanol–water partition coefficient (Wildman–Crippen LogP) is 4.19. The summed E-state index contributed by atoms with van der Waals surface area (Å²) in [7, 11) is 1.60. The van der Waals surface area contributed by atoms with Crippen LogP contribution in [-0.2, 0) is 29.7 Å². The van der Waals surface area contributed by atoms with Crippen LogP contribution in [0, 0.1) is 0 Å². The van der Waals surface area contributed by atoms with Crippen molar-refractivity contribution in [1.82, 2.24) is 20.0 Å². The van der Waals surface area contributed by atoms with E-state index in [0.717, 1.165) is 27.8 Å². The Morgan fingerprint density at radius 1 is 0.949 bits per heavy atom. The van der Waals surface area contributed by atoms with Gasteiger partial charge in [-0.1, -0.05) is 78.9 Å². The molecule has 0 atom stereocenters. The molecular formula is C30H28N4O5. The second-order valence-corrected chi connectivity index (χ2v) is 9.36. The molecule has 1 aliphatic carbocycles. The van der Waals surface area contributed by atoms with Gasteiger partial charge in [-0.05, 0) is 27.8 Å². The minimum Gasteiger partial charge on any atom is -0.480 e. The molecule has 0 fully saturated rings. The highest BCUT2D eigenvalue weighted by Crippen LogP contribution is 2.44. The molecule has 1 heterocycles. The number of hydrogen-bond donors (Lipinski definition) is 2. The zero-order valence-corrected chi connectivity index (χ0v) is 21.4. The Balaban J connectivity index is 1.25. The first-order valence-corrected chi connectivity index (χ1v) is 12.6. The number of rotatable bonds is 9. The third-order valence-corrected chi connectivity index (χ3v) is 6.81. The summed E-state index contributed by atoms with van der Waals surface area (Å²) < 4.78 is 6.98. The maximum absolute atomic E-state index is 13.4. The third-order valence-electron chi connectivity index (χ3n) is 6.81. The molecular weight excluding hydrogens is 496 g/mol. The molecule has 0 saturated carbocycles. The van der Waals surface area contributed by atoms with Gasteiger partial charge in [0, 0.05) is 25.1 Å². The first-order chi connectivity index (χ1) is 18.9. The number of amides is 2. The van der Waals surface area contributed by atoms with Crippen LogP contribution in [0.2, 0.25) is 0 Å². The number of aryl methyl sites for hydroxylation is 1. The van der Waals surface area contributed by atoms with Crippen molar-refractivity contribution in [3.63, 3.8) is 0 Å². The summed E-state index contributed by atoms with van der Waals surface area (Å²) in [5, 5.41) is 16.3. The van der Waals surface area contributed by atoms with Crippen molar-refractivity contribution < 1.29 is 24.2 Å². The largest absolute Gasteiger partial charge is 0.480 e. The van der Waals surface area contributed by atoms with Gasteiger partial charge in [-0.3, -0.25) is 14.3 Å². The lowest BCUT2D eigenvalue weighted by molar-refractivity contribution is -0.137. The summed E-state index contributed by atoms with van der Waals surface area (Å²) in [6.45, 7) is -0.186. The lowest BCUT2D eigenvalue weighted by Crippen LogP contribution is -2.37. The monoisotopic (exact) mass is 524 g/mol. The molecule has 198 valence electrons. The summed E-state index contributed by atoms with van der Waals surface area (Å²) in [6, 6.07) is 25.3. The van der Waals surface area contributed by atoms with Crippen LogP contribution < -0.4 is 5.32 Å². The Bertz CT molecular complexity index is 1470. The fourth-order valence-electron chi connectivity index (χ4n) is 5.02. The molecule has 0 aliphatic heterocycles. The molecule has 0 bridgehead atoms. The Morgan fingerprint density at radius 2 is 1.56 bits per heavy atom. The highest BCUT2D eigenvalue weighted by Gasteiger charge is 2.29. The highest BCUT2D eigenvalue weighted by molar-refractivity contribution is 5.95. The van der Waals surface area contributed by atoms with Crippen molar-refractivity contribution in [2.24, 2.45) is 7.05 Å². The number of carboxylic acid groups (broad SMARTS) is 1. The summed E-state index contributed by atoms with van der Waals surface area (Å²) in [5.41, 5.74) is 5.97. The van der Waals surface area contributed by atoms with Crippen LogP contribution >= 0.6 is 0 Å². The van der Waals surface area contributed by atoms with Gasteiger partial charge in [-0.25, -0.2) is 4.79 Å². The van der Waals surface area contributed by atoms with Gasteiger partial charge in [0.15, 0.2) is 0 Å². The standard InChI is InChI=1S/C30H28N4O5/c1-33-28(29(37)34(18-27(35)36)17-20-9-3-2-4-10-20)21(16-32-33)15-31-30(38)39-19-26-24-13-7-5-11-22(24)23-12-6-8-14-25(23)26/h2-14,16,26H,15,17-19H2,1H3,(H,31,38)(H,35,36). The van der Waals surface area contributed by atoms with Gasteiger partial charge in [0.25, 0.3) is 5.91 Å². The average molecular weight is 525 g/mol. The van der Waals surface area contributed by atoms with Crippen LogP contribution in [-0.4, -0.2) is 50.9 Å². The average Bonchev–Trinajstić information content (AvgIpc) is 3.47. The number of carbonyl (C=O) groups excluding carboxylic acids is 2. The normalized spacial score (nSPS) is 11.9. The topological polar surface area (TPSA) is 114 Å². The van der Waals surface area contributed by atoms with Crippen molar-refractivity contribution >= 4 is 18.0 Å². The highest BCUT2D eigenvalue weighted by atomic mass is 16.5. The second-order valence-electron chi connectivity index (χ2n) is 9.36. The zero-order chi connectivity index (χ0) is 27.4. The number of benzene rings is 3. The molecule has 1 aromatic heterocycles. The van der Waals surface area contributed by atoms with Gasteiger partial charge in [0.2, 0.25) is 0 Å². The fraction of sp³-hybridized carbons (Fsp3) is 0.200. The summed E-state index contributed by atoms with van der Waals surface area (Å²) in [6.07, 6.45) is 0.865. The number of hydrogen-bond acceptors (Lipinski definition) is 5. The molecule has 9 nitrogen and oxygen atoms in total. The number of ether oxygens (including phenoxy) is 1. The minimum atomic E-state index is -1.13. The Hall–Kier alpha value is -4.92. The third kappa shape index (κ3) is 5.52. The Labute approximate surface area is 225 Å². The Morgan fingerprint density at radius 3 is 2.21 bits per heavy atom. The van der Waals surface area contributed by atoms with Gasteiger partial charge in [0.05, 0.1) is 12.7 Å². The van der Waals surface area contributed by atoms with E-state index in [-0.39, 0.29) is 31.3 Å². The summed E-state index contributed by atoms with van der Waals surface area (Å²) in [5.74, 6) is -1.69. The van der Waals surface area contributed by atoms with E-state index in [1.807, 2.05) is 66.7 Å². The molecule has 0 radical (unpaired) electrons. The first kappa shape index (κ1) is 25.7. The number of carboxylic acids is 1. The molecule has 3 aromatic carbocycles. The van der Waals surface area contributed by atoms with E-state index in [1.54, 1.807) is 7.05 Å². The number of carbonyl (C=O) groups is 3. The molecule has 1 aliphatic rings. The maximum atomic E-state index is 13.4. The van der Waals surface area contributed by atoms with Crippen LogP contribution in [0.25, 0.3) is 11.1 Å². The molecule has 5 rings (SSSR count). The quantitative estimate of drug-likeness (QED) is 0.340. The van der Waals surface area contributed by atoms with E-state index < -0.39 is 24.5 Å². The predicted molar refractivity (Wildman–Crippen MR) is 144 cm³/mol. The number of aliphatic carboxylic acids is 1. The first-order valence-electron chi connectivity index (χ1n) is 12.6. The number of nitrogens with zero attached hydrogens (tertiary/aromatic N) is 3. The molecule has 0 spiro atoms. The number of fused-ring (bicyclic) bond motifs is 3. The van der Waals surface area contributed by atoms with Crippen LogP contribution in [0.4, 0.5) is 4.79 Å². The lowest BCUT2D eigenvalue weighted by Gasteiger charge is -2.21. The minimum absolute atomic E-state index is 0.00215. The molecule has 4 aromatic rings. The van der Waals surface area contributed by atoms with E-state index in [9.17, 15) is 19.5 Å². The number of nitrogens with one attached hydrogen (secondary N) is 1. The summed E-state index contributed by atoms with van der Waals surface area (Å²) >= 11 is 0. The van der Waals surface area contributed by atoms with E-state index in [1.165, 1.54) is 15.8 Å². The van der Waals surface area contributed by atoms with Crippen molar-refractivity contribution in [1.29, 1.82) is 0 Å². The number of alkyl carbamates (subject to hydrolysis) is 1. The lowest BCUT2D eigenvalue weighted by atomic mass is 9.98. The van der Waals surface area contributed by atoms with Gasteiger partial charge < -0.3 is 20.1 Å². The molecule has 2 N–H and O–H groups in total. The van der Waals surface area contributed by atoms with E-state index in [2.05, 4.69) is 22.5 Å². The van der Waals surface area contributed by atoms with Crippen molar-refractivity contribution in [2.75, 3.05) is 13.2 Å². The van der Waals surface area contributed by atoms with Gasteiger partial charge in [-0.2, -0.15) is 5.10 Å². The van der Waals surface area contributed by atoms with Crippen LogP contribution in [0.15, 0.2) is 85.1 Å². The molecule has 9 heteroatoms. The molecule has 0 unspecified atom stereocenters. The maximum Gasteiger partial charge on any atom is 0.407 e. The van der Waals surface area contributed by atoms with Crippen molar-refractivity contribution in [3.8, 4) is 11.1 Å². The van der Waals surface area contributed by atoms with Crippen molar-refractivity contribution in [2.45, 2.75) is 19.0 Å². The van der Waals surface area contributed by atoms with E-state index >= 15 is 0 Å².